The minimum atomic E-state index is -1.30. The van der Waals surface area contributed by atoms with E-state index in [4.69, 9.17) is 22.0 Å². The van der Waals surface area contributed by atoms with Crippen LogP contribution in [-0.2, 0) is 4.79 Å². The van der Waals surface area contributed by atoms with Gasteiger partial charge >= 0.3 is 5.97 Å². The van der Waals surface area contributed by atoms with Crippen molar-refractivity contribution in [1.82, 2.24) is 4.84 Å². The van der Waals surface area contributed by atoms with Gasteiger partial charge in [-0.25, -0.2) is 4.84 Å². The van der Waals surface area contributed by atoms with Crippen LogP contribution in [0.15, 0.2) is 24.3 Å². The lowest BCUT2D eigenvalue weighted by molar-refractivity contribution is -0.141. The lowest BCUT2D eigenvalue weighted by atomic mass is 10.0. The van der Waals surface area contributed by atoms with Crippen molar-refractivity contribution in [3.05, 3.63) is 29.8 Å². The van der Waals surface area contributed by atoms with Crippen LogP contribution in [0.5, 0.6) is 5.75 Å². The predicted molar refractivity (Wildman–Crippen MR) is 53.5 cm³/mol. The highest BCUT2D eigenvalue weighted by Gasteiger charge is 2.26. The molecule has 1 aromatic rings. The molecule has 4 N–H and O–H groups in total. The summed E-state index contributed by atoms with van der Waals surface area (Å²) in [5.41, 5.74) is 0.355. The monoisotopic (exact) mass is 231 g/mol. The number of aliphatic carboxylic acids is 1. The summed E-state index contributed by atoms with van der Waals surface area (Å²) in [7, 11) is 0. The predicted octanol–water partition coefficient (Wildman–Crippen LogP) is 0.622. The first-order valence-electron chi connectivity index (χ1n) is 4.12. The summed E-state index contributed by atoms with van der Waals surface area (Å²) in [6.07, 6.45) is -1.28. The second-order valence-electron chi connectivity index (χ2n) is 2.96. The van der Waals surface area contributed by atoms with Crippen LogP contribution in [0.4, 0.5) is 0 Å². The number of nitrogens with one attached hydrogen (secondary N) is 1. The average molecular weight is 232 g/mol. The van der Waals surface area contributed by atoms with Crippen molar-refractivity contribution in [2.24, 2.45) is 0 Å². The average Bonchev–Trinajstić information content (AvgIpc) is 2.19. The quantitative estimate of drug-likeness (QED) is 0.571. The van der Waals surface area contributed by atoms with E-state index in [0.29, 0.717) is 5.56 Å². The lowest BCUT2D eigenvalue weighted by Crippen LogP contribution is -2.36. The molecule has 1 aromatic carbocycles. The standard InChI is InChI=1S/C9H10ClNO4/c10-11-7(9(14)15)8(13)5-1-3-6(12)4-2-5/h1-4,7-8,11-13H,(H,14,15)/t7-,8?/m0/s1. The SMILES string of the molecule is O=C(O)[C@@H](NCl)C(O)c1ccc(O)cc1. The van der Waals surface area contributed by atoms with Crippen LogP contribution in [0.3, 0.4) is 0 Å². The molecule has 15 heavy (non-hydrogen) atoms. The Morgan fingerprint density at radius 1 is 1.33 bits per heavy atom. The third-order valence-corrected chi connectivity index (χ3v) is 2.17. The summed E-state index contributed by atoms with van der Waals surface area (Å²) in [5, 5.41) is 27.3. The number of carboxylic acids is 1. The van der Waals surface area contributed by atoms with Gasteiger partial charge in [0.2, 0.25) is 0 Å². The maximum Gasteiger partial charge on any atom is 0.325 e. The Balaban J connectivity index is 2.87. The molecule has 1 unspecified atom stereocenters. The minimum Gasteiger partial charge on any atom is -0.508 e. The van der Waals surface area contributed by atoms with Gasteiger partial charge in [-0.3, -0.25) is 4.79 Å². The summed E-state index contributed by atoms with van der Waals surface area (Å²) >= 11 is 5.20. The van der Waals surface area contributed by atoms with Gasteiger partial charge in [0.1, 0.15) is 17.9 Å². The first-order valence-corrected chi connectivity index (χ1v) is 4.50. The summed E-state index contributed by atoms with van der Waals surface area (Å²) < 4.78 is 0. The number of aliphatic hydroxyl groups is 1. The number of carbonyl (C=O) groups is 1. The highest BCUT2D eigenvalue weighted by atomic mass is 35.5. The van der Waals surface area contributed by atoms with Crippen LogP contribution in [-0.4, -0.2) is 27.3 Å². The van der Waals surface area contributed by atoms with Crippen LogP contribution >= 0.6 is 11.8 Å². The largest absolute Gasteiger partial charge is 0.508 e. The molecule has 0 saturated heterocycles. The molecule has 0 aliphatic heterocycles. The van der Waals surface area contributed by atoms with Gasteiger partial charge in [-0.2, -0.15) is 0 Å². The highest BCUT2D eigenvalue weighted by molar-refractivity contribution is 6.14. The second kappa shape index (κ2) is 4.97. The fraction of sp³-hybridized carbons (Fsp3) is 0.222. The van der Waals surface area contributed by atoms with Gasteiger partial charge in [0.25, 0.3) is 0 Å². The van der Waals surface area contributed by atoms with E-state index in [0.717, 1.165) is 0 Å². The van der Waals surface area contributed by atoms with Gasteiger partial charge < -0.3 is 15.3 Å². The van der Waals surface area contributed by atoms with E-state index in [9.17, 15) is 9.90 Å². The van der Waals surface area contributed by atoms with Crippen molar-refractivity contribution >= 4 is 17.7 Å². The molecule has 0 fully saturated rings. The molecule has 6 heteroatoms. The number of carboxylic acid groups (broad SMARTS) is 1. The van der Waals surface area contributed by atoms with Crippen LogP contribution in [0.2, 0.25) is 0 Å². The number of aliphatic hydroxyl groups excluding tert-OH is 1. The smallest absolute Gasteiger partial charge is 0.325 e. The van der Waals surface area contributed by atoms with E-state index in [-0.39, 0.29) is 5.75 Å². The molecule has 0 aliphatic carbocycles. The molecular formula is C9H10ClNO4. The van der Waals surface area contributed by atoms with E-state index >= 15 is 0 Å². The zero-order valence-electron chi connectivity index (χ0n) is 7.59. The molecule has 1 rings (SSSR count). The van der Waals surface area contributed by atoms with Gasteiger partial charge in [-0.1, -0.05) is 12.1 Å². The molecule has 2 atom stereocenters. The number of hydrogen-bond acceptors (Lipinski definition) is 4. The fourth-order valence-corrected chi connectivity index (χ4v) is 1.32. The molecule has 5 nitrogen and oxygen atoms in total. The maximum absolute atomic E-state index is 10.7. The number of phenols is 1. The van der Waals surface area contributed by atoms with Gasteiger partial charge in [0.05, 0.1) is 0 Å². The van der Waals surface area contributed by atoms with Crippen molar-refractivity contribution in [2.75, 3.05) is 0 Å². The Bertz CT molecular complexity index is 340. The first-order chi connectivity index (χ1) is 7.06. The van der Waals surface area contributed by atoms with Crippen LogP contribution in [0, 0.1) is 0 Å². The van der Waals surface area contributed by atoms with E-state index in [1.807, 2.05) is 4.84 Å². The second-order valence-corrected chi connectivity index (χ2v) is 3.18. The minimum absolute atomic E-state index is 0.0386. The Morgan fingerprint density at radius 3 is 2.27 bits per heavy atom. The third kappa shape index (κ3) is 2.82. The van der Waals surface area contributed by atoms with Crippen LogP contribution in [0.25, 0.3) is 0 Å². The highest BCUT2D eigenvalue weighted by Crippen LogP contribution is 2.20. The van der Waals surface area contributed by atoms with Crippen LogP contribution < -0.4 is 4.84 Å². The van der Waals surface area contributed by atoms with Crippen molar-refractivity contribution in [1.29, 1.82) is 0 Å². The first kappa shape index (κ1) is 11.8. The Labute approximate surface area is 91.0 Å². The number of rotatable bonds is 4. The molecule has 0 saturated carbocycles. The Hall–Kier alpha value is -1.30. The third-order valence-electron chi connectivity index (χ3n) is 1.93. The van der Waals surface area contributed by atoms with Gasteiger partial charge in [0, 0.05) is 0 Å². The van der Waals surface area contributed by atoms with Crippen molar-refractivity contribution in [2.45, 2.75) is 12.1 Å². The number of halogens is 1. The summed E-state index contributed by atoms with van der Waals surface area (Å²) in [6.45, 7) is 0. The number of hydrogen-bond donors (Lipinski definition) is 4. The summed E-state index contributed by atoms with van der Waals surface area (Å²) in [4.78, 5) is 12.6. The number of phenolic OH excluding ortho intramolecular Hbond substituents is 1. The molecule has 82 valence electrons. The number of aromatic hydroxyl groups is 1. The zero-order valence-corrected chi connectivity index (χ0v) is 8.35. The zero-order chi connectivity index (χ0) is 11.4. The molecular weight excluding hydrogens is 222 g/mol. The molecule has 0 bridgehead atoms. The molecule has 0 heterocycles. The van der Waals surface area contributed by atoms with Gasteiger partial charge in [0.15, 0.2) is 0 Å². The normalized spacial score (nSPS) is 14.5. The molecule has 0 aliphatic rings. The van der Waals surface area contributed by atoms with E-state index in [1.165, 1.54) is 24.3 Å². The van der Waals surface area contributed by atoms with Crippen LogP contribution in [0.1, 0.15) is 11.7 Å². The van der Waals surface area contributed by atoms with E-state index < -0.39 is 18.1 Å². The van der Waals surface area contributed by atoms with Crippen molar-refractivity contribution in [3.63, 3.8) is 0 Å². The molecule has 0 spiro atoms. The summed E-state index contributed by atoms with van der Waals surface area (Å²) in [5.74, 6) is -1.22. The van der Waals surface area contributed by atoms with Crippen molar-refractivity contribution in [3.8, 4) is 5.75 Å². The van der Waals surface area contributed by atoms with E-state index in [1.54, 1.807) is 0 Å². The molecule has 0 aromatic heterocycles. The van der Waals surface area contributed by atoms with E-state index in [2.05, 4.69) is 0 Å². The Morgan fingerprint density at radius 2 is 1.87 bits per heavy atom. The molecule has 0 radical (unpaired) electrons. The maximum atomic E-state index is 10.7. The van der Waals surface area contributed by atoms with Gasteiger partial charge in [-0.15, -0.1) is 0 Å². The number of benzene rings is 1. The lowest BCUT2D eigenvalue weighted by Gasteiger charge is -2.17. The van der Waals surface area contributed by atoms with Crippen molar-refractivity contribution < 1.29 is 20.1 Å². The van der Waals surface area contributed by atoms with Gasteiger partial charge in [-0.05, 0) is 29.5 Å². The molecule has 0 amide bonds. The summed E-state index contributed by atoms with van der Waals surface area (Å²) in [6, 6.07) is 4.25. The fourth-order valence-electron chi connectivity index (χ4n) is 1.11. The topological polar surface area (TPSA) is 89.8 Å². The Kier molecular flexibility index (Phi) is 3.90.